The molecule has 13 heavy (non-hydrogen) atoms. The minimum Gasteiger partial charge on any atom is -0.468 e. The molecule has 0 aromatic carbocycles. The first kappa shape index (κ1) is 12.4. The number of methoxy groups -OCH3 is 1. The molecule has 78 valence electrons. The summed E-state index contributed by atoms with van der Waals surface area (Å²) in [4.78, 5) is 13.4. The van der Waals surface area contributed by atoms with Crippen LogP contribution in [0.3, 0.4) is 0 Å². The number of hydrogen-bond acceptors (Lipinski definition) is 3. The molecule has 1 unspecified atom stereocenters. The summed E-state index contributed by atoms with van der Waals surface area (Å²) in [5.74, 6) is -0.137. The van der Waals surface area contributed by atoms with Crippen LogP contribution in [0.5, 0.6) is 0 Å². The van der Waals surface area contributed by atoms with Crippen molar-refractivity contribution in [2.24, 2.45) is 0 Å². The van der Waals surface area contributed by atoms with Gasteiger partial charge >= 0.3 is 5.97 Å². The van der Waals surface area contributed by atoms with Gasteiger partial charge in [-0.3, -0.25) is 9.69 Å². The second-order valence-corrected chi connectivity index (χ2v) is 3.24. The predicted octanol–water partition coefficient (Wildman–Crippen LogP) is 1.67. The molecule has 0 saturated carbocycles. The Balaban J connectivity index is 4.08. The van der Waals surface area contributed by atoms with E-state index in [1.807, 2.05) is 6.92 Å². The second-order valence-electron chi connectivity index (χ2n) is 3.24. The van der Waals surface area contributed by atoms with Gasteiger partial charge in [-0.25, -0.2) is 0 Å². The van der Waals surface area contributed by atoms with Crippen molar-refractivity contribution in [3.8, 4) is 0 Å². The lowest BCUT2D eigenvalue weighted by Gasteiger charge is -2.26. The number of esters is 1. The summed E-state index contributed by atoms with van der Waals surface area (Å²) < 4.78 is 4.71. The lowest BCUT2D eigenvalue weighted by Crippen LogP contribution is -2.40. The highest BCUT2D eigenvalue weighted by atomic mass is 16.5. The molecule has 3 heteroatoms. The molecule has 0 aromatic heterocycles. The molecule has 0 saturated heterocycles. The summed E-state index contributed by atoms with van der Waals surface area (Å²) in [6, 6.07) is -0.107. The second kappa shape index (κ2) is 6.89. The Bertz CT molecular complexity index is 142. The fourth-order valence-corrected chi connectivity index (χ4v) is 1.39. The van der Waals surface area contributed by atoms with E-state index in [0.717, 1.165) is 25.9 Å². The monoisotopic (exact) mass is 187 g/mol. The fourth-order valence-electron chi connectivity index (χ4n) is 1.39. The molecule has 0 aliphatic carbocycles. The van der Waals surface area contributed by atoms with Gasteiger partial charge in [-0.1, -0.05) is 13.8 Å². The first-order valence-electron chi connectivity index (χ1n) is 4.99. The lowest BCUT2D eigenvalue weighted by atomic mass is 10.2. The molecular formula is C10H21NO2. The highest BCUT2D eigenvalue weighted by molar-refractivity contribution is 5.75. The summed E-state index contributed by atoms with van der Waals surface area (Å²) in [7, 11) is 1.44. The minimum absolute atomic E-state index is 0.107. The van der Waals surface area contributed by atoms with Crippen molar-refractivity contribution in [2.75, 3.05) is 20.2 Å². The molecule has 3 nitrogen and oxygen atoms in total. The van der Waals surface area contributed by atoms with Gasteiger partial charge in [0.1, 0.15) is 6.04 Å². The first-order chi connectivity index (χ1) is 6.17. The number of ether oxygens (including phenoxy) is 1. The molecule has 0 aliphatic heterocycles. The van der Waals surface area contributed by atoms with Crippen molar-refractivity contribution in [1.82, 2.24) is 4.90 Å². The zero-order valence-corrected chi connectivity index (χ0v) is 9.17. The normalized spacial score (nSPS) is 13.0. The molecule has 0 radical (unpaired) electrons. The maximum absolute atomic E-state index is 11.2. The van der Waals surface area contributed by atoms with Crippen LogP contribution >= 0.6 is 0 Å². The van der Waals surface area contributed by atoms with Crippen molar-refractivity contribution in [1.29, 1.82) is 0 Å². The third-order valence-electron chi connectivity index (χ3n) is 2.11. The topological polar surface area (TPSA) is 29.5 Å². The summed E-state index contributed by atoms with van der Waals surface area (Å²) in [6.45, 7) is 8.06. The van der Waals surface area contributed by atoms with Crippen molar-refractivity contribution >= 4 is 5.97 Å². The van der Waals surface area contributed by atoms with Crippen molar-refractivity contribution < 1.29 is 9.53 Å². The van der Waals surface area contributed by atoms with Crippen LogP contribution in [0.4, 0.5) is 0 Å². The van der Waals surface area contributed by atoms with Crippen LogP contribution in [0.15, 0.2) is 0 Å². The average Bonchev–Trinajstić information content (AvgIpc) is 2.15. The van der Waals surface area contributed by atoms with E-state index in [2.05, 4.69) is 18.7 Å². The van der Waals surface area contributed by atoms with Crippen LogP contribution in [-0.4, -0.2) is 37.1 Å². The summed E-state index contributed by atoms with van der Waals surface area (Å²) in [5.41, 5.74) is 0. The van der Waals surface area contributed by atoms with E-state index in [1.54, 1.807) is 0 Å². The fraction of sp³-hybridized carbons (Fsp3) is 0.900. The Morgan fingerprint density at radius 3 is 2.08 bits per heavy atom. The summed E-state index contributed by atoms with van der Waals surface area (Å²) >= 11 is 0. The van der Waals surface area contributed by atoms with Gasteiger partial charge in [-0.2, -0.15) is 0 Å². The Morgan fingerprint density at radius 2 is 1.77 bits per heavy atom. The number of hydrogen-bond donors (Lipinski definition) is 0. The van der Waals surface area contributed by atoms with Crippen LogP contribution in [-0.2, 0) is 9.53 Å². The zero-order valence-electron chi connectivity index (χ0n) is 9.17. The molecule has 1 atom stereocenters. The molecule has 0 aliphatic rings. The molecule has 0 bridgehead atoms. The van der Waals surface area contributed by atoms with E-state index < -0.39 is 0 Å². The first-order valence-corrected chi connectivity index (χ1v) is 4.99. The van der Waals surface area contributed by atoms with Crippen LogP contribution in [0.25, 0.3) is 0 Å². The van der Waals surface area contributed by atoms with Gasteiger partial charge in [0.15, 0.2) is 0 Å². The lowest BCUT2D eigenvalue weighted by molar-refractivity contribution is -0.146. The zero-order chi connectivity index (χ0) is 10.3. The van der Waals surface area contributed by atoms with Crippen LogP contribution < -0.4 is 0 Å². The van der Waals surface area contributed by atoms with Crippen LogP contribution in [0.1, 0.15) is 33.6 Å². The Morgan fingerprint density at radius 1 is 1.31 bits per heavy atom. The SMILES string of the molecule is CCCN(CCC)C(C)C(=O)OC. The number of rotatable bonds is 6. The Hall–Kier alpha value is -0.570. The van der Waals surface area contributed by atoms with Gasteiger partial charge < -0.3 is 4.74 Å². The van der Waals surface area contributed by atoms with E-state index in [1.165, 1.54) is 7.11 Å². The molecule has 0 rings (SSSR count). The van der Waals surface area contributed by atoms with Crippen molar-refractivity contribution in [2.45, 2.75) is 39.7 Å². The van der Waals surface area contributed by atoms with Gasteiger partial charge in [-0.15, -0.1) is 0 Å². The summed E-state index contributed by atoms with van der Waals surface area (Å²) in [5, 5.41) is 0. The highest BCUT2D eigenvalue weighted by Crippen LogP contribution is 2.03. The van der Waals surface area contributed by atoms with Gasteiger partial charge in [0.25, 0.3) is 0 Å². The van der Waals surface area contributed by atoms with Gasteiger partial charge in [-0.05, 0) is 32.9 Å². The van der Waals surface area contributed by atoms with Gasteiger partial charge in [0.05, 0.1) is 7.11 Å². The van der Waals surface area contributed by atoms with E-state index in [0.29, 0.717) is 0 Å². The quantitative estimate of drug-likeness (QED) is 0.592. The molecule has 0 N–H and O–H groups in total. The molecule has 0 aromatic rings. The molecule has 0 amide bonds. The predicted molar refractivity (Wildman–Crippen MR) is 53.6 cm³/mol. The maximum atomic E-state index is 11.2. The van der Waals surface area contributed by atoms with Crippen molar-refractivity contribution in [3.63, 3.8) is 0 Å². The number of nitrogens with zero attached hydrogens (tertiary/aromatic N) is 1. The third-order valence-corrected chi connectivity index (χ3v) is 2.11. The van der Waals surface area contributed by atoms with E-state index in [4.69, 9.17) is 4.74 Å². The van der Waals surface area contributed by atoms with Crippen LogP contribution in [0, 0.1) is 0 Å². The molecule has 0 fully saturated rings. The van der Waals surface area contributed by atoms with E-state index >= 15 is 0 Å². The smallest absolute Gasteiger partial charge is 0.322 e. The minimum atomic E-state index is -0.137. The van der Waals surface area contributed by atoms with E-state index in [9.17, 15) is 4.79 Å². The largest absolute Gasteiger partial charge is 0.468 e. The van der Waals surface area contributed by atoms with Gasteiger partial charge in [0, 0.05) is 0 Å². The standard InChI is InChI=1S/C10H21NO2/c1-5-7-11(8-6-2)9(3)10(12)13-4/h9H,5-8H2,1-4H3. The van der Waals surface area contributed by atoms with Crippen molar-refractivity contribution in [3.05, 3.63) is 0 Å². The third kappa shape index (κ3) is 4.27. The summed E-state index contributed by atoms with van der Waals surface area (Å²) in [6.07, 6.45) is 2.14. The number of carbonyl (C=O) groups excluding carboxylic acids is 1. The average molecular weight is 187 g/mol. The van der Waals surface area contributed by atoms with Gasteiger partial charge in [0.2, 0.25) is 0 Å². The molecular weight excluding hydrogens is 166 g/mol. The molecule has 0 heterocycles. The highest BCUT2D eigenvalue weighted by Gasteiger charge is 2.19. The molecule has 0 spiro atoms. The number of carbonyl (C=O) groups is 1. The Labute approximate surface area is 81.1 Å². The van der Waals surface area contributed by atoms with Crippen LogP contribution in [0.2, 0.25) is 0 Å². The van der Waals surface area contributed by atoms with E-state index in [-0.39, 0.29) is 12.0 Å². The Kier molecular flexibility index (Phi) is 6.59. The maximum Gasteiger partial charge on any atom is 0.322 e.